The molecular weight excluding hydrogens is 248 g/mol. The molecule has 0 aliphatic rings. The third-order valence-corrected chi connectivity index (χ3v) is 2.51. The number of hydrogen-bond donors (Lipinski definition) is 2. The van der Waals surface area contributed by atoms with E-state index in [9.17, 15) is 4.79 Å². The van der Waals surface area contributed by atoms with E-state index in [4.69, 9.17) is 10.2 Å². The highest BCUT2D eigenvalue weighted by Gasteiger charge is 2.13. The Morgan fingerprint density at radius 3 is 2.36 bits per heavy atom. The Morgan fingerprint density at radius 2 is 1.93 bits per heavy atom. The molecule has 14 heavy (non-hydrogen) atoms. The number of aliphatic hydroxyl groups is 1. The van der Waals surface area contributed by atoms with Crippen LogP contribution in [-0.2, 0) is 4.79 Å². The Labute approximate surface area is 90.5 Å². The van der Waals surface area contributed by atoms with Crippen LogP contribution < -0.4 is 0 Å². The molecule has 0 spiro atoms. The first kappa shape index (κ1) is 11.2. The van der Waals surface area contributed by atoms with Crippen LogP contribution in [0, 0.1) is 0 Å². The summed E-state index contributed by atoms with van der Waals surface area (Å²) in [6.07, 6.45) is -0.0435. The standard InChI is InChI=1S/C10H11BrO3/c11-9-3-1-7(2-4-9)8(6-12)5-10(13)14/h1-4,8,12H,5-6H2,(H,13,14). The highest BCUT2D eigenvalue weighted by atomic mass is 79.9. The Morgan fingerprint density at radius 1 is 1.36 bits per heavy atom. The van der Waals surface area contributed by atoms with Crippen molar-refractivity contribution >= 4 is 21.9 Å². The van der Waals surface area contributed by atoms with Crippen molar-refractivity contribution in [2.45, 2.75) is 12.3 Å². The van der Waals surface area contributed by atoms with Gasteiger partial charge in [0.15, 0.2) is 0 Å². The molecule has 0 bridgehead atoms. The lowest BCUT2D eigenvalue weighted by Gasteiger charge is -2.11. The molecule has 1 aromatic carbocycles. The zero-order valence-electron chi connectivity index (χ0n) is 7.48. The highest BCUT2D eigenvalue weighted by Crippen LogP contribution is 2.21. The maximum atomic E-state index is 10.5. The molecule has 0 aliphatic heterocycles. The second-order valence-electron chi connectivity index (χ2n) is 3.03. The van der Waals surface area contributed by atoms with Crippen molar-refractivity contribution in [2.75, 3.05) is 6.61 Å². The molecule has 76 valence electrons. The fraction of sp³-hybridized carbons (Fsp3) is 0.300. The number of carbonyl (C=O) groups is 1. The van der Waals surface area contributed by atoms with E-state index >= 15 is 0 Å². The molecule has 1 rings (SSSR count). The van der Waals surface area contributed by atoms with Crippen molar-refractivity contribution in [1.82, 2.24) is 0 Å². The monoisotopic (exact) mass is 258 g/mol. The van der Waals surface area contributed by atoms with Gasteiger partial charge in [-0.1, -0.05) is 28.1 Å². The lowest BCUT2D eigenvalue weighted by atomic mass is 9.97. The Hall–Kier alpha value is -0.870. The summed E-state index contributed by atoms with van der Waals surface area (Å²) in [6.45, 7) is -0.145. The van der Waals surface area contributed by atoms with E-state index < -0.39 is 5.97 Å². The number of rotatable bonds is 4. The van der Waals surface area contributed by atoms with Gasteiger partial charge in [0.2, 0.25) is 0 Å². The first-order valence-electron chi connectivity index (χ1n) is 4.21. The summed E-state index contributed by atoms with van der Waals surface area (Å²) in [7, 11) is 0. The molecule has 4 heteroatoms. The van der Waals surface area contributed by atoms with E-state index in [1.54, 1.807) is 0 Å². The van der Waals surface area contributed by atoms with Crippen molar-refractivity contribution in [3.05, 3.63) is 34.3 Å². The number of benzene rings is 1. The van der Waals surface area contributed by atoms with Crippen LogP contribution in [0.15, 0.2) is 28.7 Å². The lowest BCUT2D eigenvalue weighted by molar-refractivity contribution is -0.137. The SMILES string of the molecule is O=C(O)CC(CO)c1ccc(Br)cc1. The van der Waals surface area contributed by atoms with Gasteiger partial charge in [-0.3, -0.25) is 4.79 Å². The van der Waals surface area contributed by atoms with Crippen molar-refractivity contribution in [3.8, 4) is 0 Å². The smallest absolute Gasteiger partial charge is 0.304 e. The number of halogens is 1. The molecule has 0 heterocycles. The average Bonchev–Trinajstić information content (AvgIpc) is 2.15. The summed E-state index contributed by atoms with van der Waals surface area (Å²) < 4.78 is 0.938. The quantitative estimate of drug-likeness (QED) is 0.869. The third kappa shape index (κ3) is 3.12. The number of aliphatic hydroxyl groups excluding tert-OH is 1. The Balaban J connectivity index is 2.78. The van der Waals surface area contributed by atoms with E-state index in [0.717, 1.165) is 10.0 Å². The predicted molar refractivity (Wildman–Crippen MR) is 56.2 cm³/mol. The number of hydrogen-bond acceptors (Lipinski definition) is 2. The van der Waals surface area contributed by atoms with Crippen LogP contribution in [0.25, 0.3) is 0 Å². The number of aliphatic carboxylic acids is 1. The minimum Gasteiger partial charge on any atom is -0.481 e. The second-order valence-corrected chi connectivity index (χ2v) is 3.94. The first-order valence-corrected chi connectivity index (χ1v) is 5.01. The van der Waals surface area contributed by atoms with E-state index in [1.807, 2.05) is 24.3 Å². The molecule has 0 aromatic heterocycles. The molecular formula is C10H11BrO3. The first-order chi connectivity index (χ1) is 6.63. The van der Waals surface area contributed by atoms with Crippen molar-refractivity contribution in [2.24, 2.45) is 0 Å². The minimum absolute atomic E-state index is 0.0435. The Kier molecular flexibility index (Phi) is 4.10. The lowest BCUT2D eigenvalue weighted by Crippen LogP contribution is -2.09. The fourth-order valence-electron chi connectivity index (χ4n) is 1.23. The van der Waals surface area contributed by atoms with Gasteiger partial charge in [-0.15, -0.1) is 0 Å². The number of carboxylic acid groups (broad SMARTS) is 1. The van der Waals surface area contributed by atoms with E-state index in [2.05, 4.69) is 15.9 Å². The molecule has 1 atom stereocenters. The van der Waals surface area contributed by atoms with Crippen molar-refractivity contribution in [1.29, 1.82) is 0 Å². The van der Waals surface area contributed by atoms with E-state index in [-0.39, 0.29) is 18.9 Å². The van der Waals surface area contributed by atoms with Gasteiger partial charge in [-0.05, 0) is 17.7 Å². The summed E-state index contributed by atoms with van der Waals surface area (Å²) >= 11 is 3.29. The normalized spacial score (nSPS) is 12.4. The molecule has 0 aliphatic carbocycles. The van der Waals surface area contributed by atoms with Gasteiger partial charge >= 0.3 is 5.97 Å². The van der Waals surface area contributed by atoms with Crippen LogP contribution in [0.1, 0.15) is 17.9 Å². The summed E-state index contributed by atoms with van der Waals surface area (Å²) in [5, 5.41) is 17.6. The zero-order chi connectivity index (χ0) is 10.6. The van der Waals surface area contributed by atoms with Crippen LogP contribution >= 0.6 is 15.9 Å². The summed E-state index contributed by atoms with van der Waals surface area (Å²) in [6, 6.07) is 7.29. The number of carboxylic acids is 1. The van der Waals surface area contributed by atoms with Gasteiger partial charge in [-0.25, -0.2) is 0 Å². The largest absolute Gasteiger partial charge is 0.481 e. The molecule has 1 unspecified atom stereocenters. The highest BCUT2D eigenvalue weighted by molar-refractivity contribution is 9.10. The van der Waals surface area contributed by atoms with Gasteiger partial charge in [0, 0.05) is 10.4 Å². The van der Waals surface area contributed by atoms with E-state index in [1.165, 1.54) is 0 Å². The molecule has 1 aromatic rings. The summed E-state index contributed by atoms with van der Waals surface area (Å²) in [4.78, 5) is 10.5. The van der Waals surface area contributed by atoms with Crippen LogP contribution in [0.3, 0.4) is 0 Å². The van der Waals surface area contributed by atoms with Crippen LogP contribution in [0.4, 0.5) is 0 Å². The predicted octanol–water partition coefficient (Wildman–Crippen LogP) is 2.00. The molecule has 0 amide bonds. The molecule has 0 saturated carbocycles. The van der Waals surface area contributed by atoms with Gasteiger partial charge in [0.1, 0.15) is 0 Å². The van der Waals surface area contributed by atoms with Crippen LogP contribution in [0.2, 0.25) is 0 Å². The molecule has 0 saturated heterocycles. The average molecular weight is 259 g/mol. The maximum Gasteiger partial charge on any atom is 0.304 e. The van der Waals surface area contributed by atoms with Gasteiger partial charge < -0.3 is 10.2 Å². The molecule has 2 N–H and O–H groups in total. The maximum absolute atomic E-state index is 10.5. The van der Waals surface area contributed by atoms with Gasteiger partial charge in [0.05, 0.1) is 13.0 Å². The molecule has 3 nitrogen and oxygen atoms in total. The summed E-state index contributed by atoms with van der Waals surface area (Å²) in [5.74, 6) is -1.22. The van der Waals surface area contributed by atoms with Gasteiger partial charge in [-0.2, -0.15) is 0 Å². The molecule has 0 radical (unpaired) electrons. The Bertz CT molecular complexity index is 308. The fourth-order valence-corrected chi connectivity index (χ4v) is 1.50. The van der Waals surface area contributed by atoms with Crippen LogP contribution in [-0.4, -0.2) is 22.8 Å². The topological polar surface area (TPSA) is 57.5 Å². The zero-order valence-corrected chi connectivity index (χ0v) is 9.07. The van der Waals surface area contributed by atoms with Crippen molar-refractivity contribution in [3.63, 3.8) is 0 Å². The summed E-state index contributed by atoms with van der Waals surface area (Å²) in [5.41, 5.74) is 0.845. The van der Waals surface area contributed by atoms with Crippen molar-refractivity contribution < 1.29 is 15.0 Å². The minimum atomic E-state index is -0.896. The van der Waals surface area contributed by atoms with E-state index in [0.29, 0.717) is 0 Å². The molecule has 0 fully saturated rings. The van der Waals surface area contributed by atoms with Gasteiger partial charge in [0.25, 0.3) is 0 Å². The second kappa shape index (κ2) is 5.12. The third-order valence-electron chi connectivity index (χ3n) is 1.98. The van der Waals surface area contributed by atoms with Crippen LogP contribution in [0.5, 0.6) is 0 Å².